The summed E-state index contributed by atoms with van der Waals surface area (Å²) in [5.41, 5.74) is 4.90. The van der Waals surface area contributed by atoms with Crippen LogP contribution in [0.5, 0.6) is 0 Å². The molecule has 2 rings (SSSR count). The molecule has 0 saturated heterocycles. The fourth-order valence-electron chi connectivity index (χ4n) is 2.37. The van der Waals surface area contributed by atoms with E-state index in [9.17, 15) is 0 Å². The smallest absolute Gasteiger partial charge is 0.0967 e. The zero-order chi connectivity index (χ0) is 13.8. The van der Waals surface area contributed by atoms with Crippen molar-refractivity contribution in [2.45, 2.75) is 26.8 Å². The van der Waals surface area contributed by atoms with Crippen molar-refractivity contribution in [3.05, 3.63) is 41.6 Å². The van der Waals surface area contributed by atoms with E-state index in [-0.39, 0.29) is 0 Å². The van der Waals surface area contributed by atoms with Gasteiger partial charge in [-0.05, 0) is 24.9 Å². The number of nitrogens with one attached hydrogen (secondary N) is 1. The standard InChI is InChI=1S/C16H23N3/c1-12(2)9-13-5-7-14(8-6-13)16-15(10-17-3)11-19(4)18-16/h5-8,11-12,17H,9-10H2,1-4H3. The molecular formula is C16H23N3. The Kier molecular flexibility index (Phi) is 4.38. The molecule has 3 heteroatoms. The van der Waals surface area contributed by atoms with Crippen molar-refractivity contribution in [1.29, 1.82) is 0 Å². The number of aryl methyl sites for hydroxylation is 1. The molecule has 0 aliphatic rings. The molecule has 0 aliphatic carbocycles. The molecule has 2 aromatic rings. The van der Waals surface area contributed by atoms with Gasteiger partial charge in [0.25, 0.3) is 0 Å². The molecule has 0 amide bonds. The van der Waals surface area contributed by atoms with Gasteiger partial charge in [0, 0.05) is 30.9 Å². The summed E-state index contributed by atoms with van der Waals surface area (Å²) < 4.78 is 1.88. The monoisotopic (exact) mass is 257 g/mol. The molecular weight excluding hydrogens is 234 g/mol. The van der Waals surface area contributed by atoms with Crippen LogP contribution in [0.25, 0.3) is 11.3 Å². The van der Waals surface area contributed by atoms with Gasteiger partial charge in [0.05, 0.1) is 5.69 Å². The van der Waals surface area contributed by atoms with Crippen LogP contribution in [0.1, 0.15) is 25.0 Å². The van der Waals surface area contributed by atoms with Crippen molar-refractivity contribution < 1.29 is 0 Å². The molecule has 19 heavy (non-hydrogen) atoms. The lowest BCUT2D eigenvalue weighted by Crippen LogP contribution is -2.05. The third-order valence-corrected chi connectivity index (χ3v) is 3.14. The van der Waals surface area contributed by atoms with Crippen molar-refractivity contribution in [3.8, 4) is 11.3 Å². The van der Waals surface area contributed by atoms with Gasteiger partial charge in [-0.15, -0.1) is 0 Å². The molecule has 1 aromatic heterocycles. The quantitative estimate of drug-likeness (QED) is 0.892. The summed E-state index contributed by atoms with van der Waals surface area (Å²) in [6, 6.07) is 8.79. The Bertz CT molecular complexity index is 523. The van der Waals surface area contributed by atoms with Gasteiger partial charge in [0.15, 0.2) is 0 Å². The first-order valence-corrected chi connectivity index (χ1v) is 6.86. The topological polar surface area (TPSA) is 29.9 Å². The second-order valence-corrected chi connectivity index (χ2v) is 5.50. The van der Waals surface area contributed by atoms with E-state index < -0.39 is 0 Å². The average molecular weight is 257 g/mol. The van der Waals surface area contributed by atoms with E-state index in [4.69, 9.17) is 0 Å². The van der Waals surface area contributed by atoms with E-state index in [0.29, 0.717) is 5.92 Å². The Hall–Kier alpha value is -1.61. The predicted octanol–water partition coefficient (Wildman–Crippen LogP) is 3.01. The highest BCUT2D eigenvalue weighted by Gasteiger charge is 2.09. The first-order chi connectivity index (χ1) is 9.10. The Morgan fingerprint density at radius 2 is 1.89 bits per heavy atom. The highest BCUT2D eigenvalue weighted by atomic mass is 15.3. The molecule has 1 aromatic carbocycles. The summed E-state index contributed by atoms with van der Waals surface area (Å²) in [6.07, 6.45) is 3.21. The third kappa shape index (κ3) is 3.44. The SMILES string of the molecule is CNCc1cn(C)nc1-c1ccc(CC(C)C)cc1. The van der Waals surface area contributed by atoms with E-state index in [2.05, 4.69) is 54.7 Å². The average Bonchev–Trinajstić information content (AvgIpc) is 2.71. The van der Waals surface area contributed by atoms with Crippen LogP contribution >= 0.6 is 0 Å². The molecule has 0 fully saturated rings. The van der Waals surface area contributed by atoms with Gasteiger partial charge in [-0.1, -0.05) is 38.1 Å². The third-order valence-electron chi connectivity index (χ3n) is 3.14. The van der Waals surface area contributed by atoms with Crippen LogP contribution in [0.2, 0.25) is 0 Å². The van der Waals surface area contributed by atoms with Gasteiger partial charge >= 0.3 is 0 Å². The minimum Gasteiger partial charge on any atom is -0.316 e. The lowest BCUT2D eigenvalue weighted by atomic mass is 10.00. The number of hydrogen-bond donors (Lipinski definition) is 1. The summed E-state index contributed by atoms with van der Waals surface area (Å²) in [6.45, 7) is 5.34. The summed E-state index contributed by atoms with van der Waals surface area (Å²) in [7, 11) is 3.93. The van der Waals surface area contributed by atoms with Crippen molar-refractivity contribution in [2.24, 2.45) is 13.0 Å². The van der Waals surface area contributed by atoms with Crippen LogP contribution in [0.3, 0.4) is 0 Å². The Labute approximate surface area is 115 Å². The lowest BCUT2D eigenvalue weighted by Gasteiger charge is -2.06. The maximum Gasteiger partial charge on any atom is 0.0967 e. The molecule has 0 bridgehead atoms. The summed E-state index contributed by atoms with van der Waals surface area (Å²) >= 11 is 0. The summed E-state index contributed by atoms with van der Waals surface area (Å²) in [5.74, 6) is 0.695. The molecule has 1 N–H and O–H groups in total. The normalized spacial score (nSPS) is 11.2. The maximum atomic E-state index is 4.57. The molecule has 3 nitrogen and oxygen atoms in total. The Morgan fingerprint density at radius 1 is 1.21 bits per heavy atom. The minimum atomic E-state index is 0.695. The van der Waals surface area contributed by atoms with Crippen LogP contribution in [0, 0.1) is 5.92 Å². The fourth-order valence-corrected chi connectivity index (χ4v) is 2.37. The van der Waals surface area contributed by atoms with E-state index in [1.165, 1.54) is 16.7 Å². The van der Waals surface area contributed by atoms with E-state index >= 15 is 0 Å². The molecule has 0 atom stereocenters. The highest BCUT2D eigenvalue weighted by Crippen LogP contribution is 2.23. The van der Waals surface area contributed by atoms with Gasteiger partial charge in [-0.25, -0.2) is 0 Å². The zero-order valence-electron chi connectivity index (χ0n) is 12.3. The van der Waals surface area contributed by atoms with Crippen molar-refractivity contribution in [2.75, 3.05) is 7.05 Å². The van der Waals surface area contributed by atoms with Crippen LogP contribution in [0.4, 0.5) is 0 Å². The van der Waals surface area contributed by atoms with Crippen LogP contribution in [-0.4, -0.2) is 16.8 Å². The van der Waals surface area contributed by atoms with Crippen LogP contribution < -0.4 is 5.32 Å². The van der Waals surface area contributed by atoms with Gasteiger partial charge in [0.2, 0.25) is 0 Å². The Morgan fingerprint density at radius 3 is 2.47 bits per heavy atom. The van der Waals surface area contributed by atoms with Crippen molar-refractivity contribution in [1.82, 2.24) is 15.1 Å². The zero-order valence-corrected chi connectivity index (χ0v) is 12.3. The second-order valence-electron chi connectivity index (χ2n) is 5.50. The molecule has 0 radical (unpaired) electrons. The lowest BCUT2D eigenvalue weighted by molar-refractivity contribution is 0.647. The molecule has 102 valence electrons. The van der Waals surface area contributed by atoms with Gasteiger partial charge in [-0.3, -0.25) is 4.68 Å². The highest BCUT2D eigenvalue weighted by molar-refractivity contribution is 5.63. The fraction of sp³-hybridized carbons (Fsp3) is 0.438. The Balaban J connectivity index is 2.26. The predicted molar refractivity (Wildman–Crippen MR) is 79.9 cm³/mol. The number of hydrogen-bond acceptors (Lipinski definition) is 2. The van der Waals surface area contributed by atoms with E-state index in [1.54, 1.807) is 0 Å². The molecule has 1 heterocycles. The first kappa shape index (κ1) is 13.8. The van der Waals surface area contributed by atoms with Crippen LogP contribution in [0.15, 0.2) is 30.5 Å². The number of aromatic nitrogens is 2. The van der Waals surface area contributed by atoms with Crippen LogP contribution in [-0.2, 0) is 20.0 Å². The molecule has 0 spiro atoms. The van der Waals surface area contributed by atoms with Crippen molar-refractivity contribution in [3.63, 3.8) is 0 Å². The molecule has 0 aliphatic heterocycles. The summed E-state index contributed by atoms with van der Waals surface area (Å²) in [4.78, 5) is 0. The van der Waals surface area contributed by atoms with Gasteiger partial charge in [-0.2, -0.15) is 5.10 Å². The largest absolute Gasteiger partial charge is 0.316 e. The first-order valence-electron chi connectivity index (χ1n) is 6.86. The van der Waals surface area contributed by atoms with Gasteiger partial charge < -0.3 is 5.32 Å². The number of rotatable bonds is 5. The summed E-state index contributed by atoms with van der Waals surface area (Å²) in [5, 5.41) is 7.76. The molecule has 0 unspecified atom stereocenters. The second kappa shape index (κ2) is 6.02. The van der Waals surface area contributed by atoms with Gasteiger partial charge in [0.1, 0.15) is 0 Å². The molecule has 0 saturated carbocycles. The van der Waals surface area contributed by atoms with E-state index in [1.807, 2.05) is 18.8 Å². The number of benzene rings is 1. The van der Waals surface area contributed by atoms with E-state index in [0.717, 1.165) is 18.7 Å². The number of nitrogens with zero attached hydrogens (tertiary/aromatic N) is 2. The minimum absolute atomic E-state index is 0.695. The van der Waals surface area contributed by atoms with Crippen molar-refractivity contribution >= 4 is 0 Å². The maximum absolute atomic E-state index is 4.57.